The molecule has 0 saturated carbocycles. The maximum absolute atomic E-state index is 12.0. The molecule has 0 aromatic rings. The lowest BCUT2D eigenvalue weighted by molar-refractivity contribution is -0.160. The Morgan fingerprint density at radius 2 is 0.481 bits per heavy atom. The molecule has 0 aromatic carbocycles. The summed E-state index contributed by atoms with van der Waals surface area (Å²) in [5, 5.41) is 9.99. The Morgan fingerprint density at radius 1 is 0.272 bits per heavy atom. The molecule has 0 amide bonds. The van der Waals surface area contributed by atoms with E-state index in [0.29, 0.717) is 26.2 Å². The zero-order chi connectivity index (χ0) is 59.4. The number of aliphatic hydroxyl groups is 1. The van der Waals surface area contributed by atoms with Crippen LogP contribution in [0.15, 0.2) is 0 Å². The fraction of sp³-hybridized carbons (Fsp3) is 0.959. The van der Waals surface area contributed by atoms with Crippen LogP contribution in [0.1, 0.15) is 420 Å². The van der Waals surface area contributed by atoms with Gasteiger partial charge in [0.2, 0.25) is 0 Å². The van der Waals surface area contributed by atoms with Gasteiger partial charge in [0.15, 0.2) is 6.10 Å². The molecule has 0 radical (unpaired) electrons. The zero-order valence-electron chi connectivity index (χ0n) is 56.0. The number of hydrogen-bond donors (Lipinski definition) is 1. The van der Waals surface area contributed by atoms with E-state index in [2.05, 4.69) is 41.5 Å². The minimum Gasteiger partial charge on any atom is -0.466 e. The van der Waals surface area contributed by atoms with Gasteiger partial charge in [-0.05, 0) is 37.5 Å². The molecule has 0 bridgehead atoms. The van der Waals surface area contributed by atoms with Crippen molar-refractivity contribution in [2.24, 2.45) is 11.8 Å². The van der Waals surface area contributed by atoms with Crippen LogP contribution in [0, 0.1) is 11.8 Å². The van der Waals surface area contributed by atoms with Crippen LogP contribution in [-0.2, 0) is 28.6 Å². The smallest absolute Gasteiger partial charge is 0.335 e. The van der Waals surface area contributed by atoms with Gasteiger partial charge in [-0.15, -0.1) is 0 Å². The van der Waals surface area contributed by atoms with Crippen molar-refractivity contribution >= 4 is 17.9 Å². The Hall–Kier alpha value is -1.63. The summed E-state index contributed by atoms with van der Waals surface area (Å²) in [5.74, 6) is 0.478. The number of esters is 3. The van der Waals surface area contributed by atoms with E-state index in [1.807, 2.05) is 0 Å². The largest absolute Gasteiger partial charge is 0.466 e. The molecule has 0 aliphatic rings. The van der Waals surface area contributed by atoms with Crippen molar-refractivity contribution in [3.05, 3.63) is 0 Å². The third-order valence-electron chi connectivity index (χ3n) is 16.7. The summed E-state index contributed by atoms with van der Waals surface area (Å²) >= 11 is 0. The highest BCUT2D eigenvalue weighted by molar-refractivity contribution is 5.81. The third-order valence-corrected chi connectivity index (χ3v) is 16.7. The fourth-order valence-electron chi connectivity index (χ4n) is 11.1. The fourth-order valence-corrected chi connectivity index (χ4v) is 11.1. The van der Waals surface area contributed by atoms with Crippen molar-refractivity contribution in [1.29, 1.82) is 0 Å². The number of ether oxygens (including phenoxy) is 3. The van der Waals surface area contributed by atoms with Crippen molar-refractivity contribution in [3.8, 4) is 0 Å². The van der Waals surface area contributed by atoms with Gasteiger partial charge in [0, 0.05) is 6.42 Å². The number of unbranched alkanes of at least 4 members (excludes halogenated alkanes) is 51. The summed E-state index contributed by atoms with van der Waals surface area (Å²) < 4.78 is 15.8. The number of hydrogen-bond acceptors (Lipinski definition) is 7. The van der Waals surface area contributed by atoms with Gasteiger partial charge in [0.25, 0.3) is 0 Å². The Balaban J connectivity index is 0. The molecule has 0 spiro atoms. The van der Waals surface area contributed by atoms with Gasteiger partial charge in [0.05, 0.1) is 26.2 Å². The predicted molar refractivity (Wildman–Crippen MR) is 352 cm³/mol. The highest BCUT2D eigenvalue weighted by Crippen LogP contribution is 2.19. The average Bonchev–Trinajstić information content (AvgIpc) is 3.44. The second-order valence-electron chi connectivity index (χ2n) is 26.2. The Kier molecular flexibility index (Phi) is 71.2. The number of rotatable bonds is 66. The van der Waals surface area contributed by atoms with E-state index in [-0.39, 0.29) is 12.4 Å². The maximum Gasteiger partial charge on any atom is 0.335 e. The molecule has 0 fully saturated rings. The summed E-state index contributed by atoms with van der Waals surface area (Å²) in [7, 11) is 0. The Bertz CT molecular complexity index is 1220. The first-order chi connectivity index (χ1) is 39.6. The molecular weight excluding hydrogens is 1000 g/mol. The molecule has 0 rings (SSSR count). The van der Waals surface area contributed by atoms with Crippen molar-refractivity contribution < 1.29 is 33.7 Å². The van der Waals surface area contributed by atoms with E-state index < -0.39 is 18.0 Å². The van der Waals surface area contributed by atoms with E-state index in [1.54, 1.807) is 0 Å². The second-order valence-corrected chi connectivity index (χ2v) is 26.2. The predicted octanol–water partition coefficient (Wildman–Crippen LogP) is 24.3. The van der Waals surface area contributed by atoms with Crippen LogP contribution >= 0.6 is 0 Å². The minimum atomic E-state index is -1.43. The third kappa shape index (κ3) is 74.4. The standard InChI is InChI=1S/C40H78O5.C34H68O2/c1-36(2)31-27-23-19-15-11-7-5-9-13-17-21-25-29-33-44-39(42)35-38(41)40(43)45-34-30-26-22-18-14-10-6-8-12-16-20-24-28-32-37(3)4;1-3-5-7-9-11-13-15-17-18-19-21-23-25-27-29-31-33-36-34(35)32-30-28-26-24-22-20-16-14-12-10-8-6-4-2/h36-38,41H,5-35H2,1-4H3;3-33H2,1-2H3. The molecule has 7 heteroatoms. The SMILES string of the molecule is CC(C)CCCCCCCCCCCCCCCOC(=O)CC(O)C(=O)OCCCCCCCCCCCCCCCC(C)C.CCCCCCCCCCCCCCCCCCOC(=O)CCCCCCCCCCCCCCC. The lowest BCUT2D eigenvalue weighted by atomic mass is 10.0. The zero-order valence-corrected chi connectivity index (χ0v) is 56.0. The molecule has 0 aromatic heterocycles. The number of aliphatic hydroxyl groups excluding tert-OH is 1. The van der Waals surface area contributed by atoms with Gasteiger partial charge in [-0.3, -0.25) is 9.59 Å². The van der Waals surface area contributed by atoms with Gasteiger partial charge in [-0.2, -0.15) is 0 Å². The van der Waals surface area contributed by atoms with Crippen molar-refractivity contribution in [2.45, 2.75) is 426 Å². The summed E-state index contributed by atoms with van der Waals surface area (Å²) in [6.45, 7) is 15.1. The molecule has 0 heterocycles. The van der Waals surface area contributed by atoms with Crippen LogP contribution in [0.3, 0.4) is 0 Å². The van der Waals surface area contributed by atoms with Gasteiger partial charge in [-0.1, -0.05) is 382 Å². The van der Waals surface area contributed by atoms with E-state index in [0.717, 1.165) is 56.8 Å². The number of carbonyl (C=O) groups is 3. The normalized spacial score (nSPS) is 11.8. The summed E-state index contributed by atoms with van der Waals surface area (Å²) in [4.78, 5) is 35.8. The average molecular weight is 1150 g/mol. The Morgan fingerprint density at radius 3 is 0.741 bits per heavy atom. The van der Waals surface area contributed by atoms with Gasteiger partial charge >= 0.3 is 17.9 Å². The molecule has 0 saturated heterocycles. The van der Waals surface area contributed by atoms with E-state index in [1.165, 1.54) is 321 Å². The molecule has 1 atom stereocenters. The highest BCUT2D eigenvalue weighted by Gasteiger charge is 2.21. The first-order valence-electron chi connectivity index (χ1n) is 36.8. The molecule has 0 aliphatic heterocycles. The van der Waals surface area contributed by atoms with Crippen molar-refractivity contribution in [3.63, 3.8) is 0 Å². The molecular formula is C74H146O7. The van der Waals surface area contributed by atoms with Gasteiger partial charge in [0.1, 0.15) is 0 Å². The molecule has 81 heavy (non-hydrogen) atoms. The lowest BCUT2D eigenvalue weighted by Gasteiger charge is -2.11. The lowest BCUT2D eigenvalue weighted by Crippen LogP contribution is -2.27. The molecule has 1 N–H and O–H groups in total. The quantitative estimate of drug-likeness (QED) is 0.0368. The monoisotopic (exact) mass is 1150 g/mol. The van der Waals surface area contributed by atoms with Gasteiger partial charge < -0.3 is 19.3 Å². The first kappa shape index (κ1) is 81.4. The first-order valence-corrected chi connectivity index (χ1v) is 36.8. The van der Waals surface area contributed by atoms with Crippen LogP contribution in [0.4, 0.5) is 0 Å². The van der Waals surface area contributed by atoms with Crippen LogP contribution in [0.25, 0.3) is 0 Å². The van der Waals surface area contributed by atoms with Gasteiger partial charge in [-0.25, -0.2) is 4.79 Å². The Labute approximate surface area is 507 Å². The van der Waals surface area contributed by atoms with E-state index in [4.69, 9.17) is 14.2 Å². The number of carbonyl (C=O) groups excluding carboxylic acids is 3. The van der Waals surface area contributed by atoms with Crippen LogP contribution in [-0.4, -0.2) is 48.9 Å². The van der Waals surface area contributed by atoms with Crippen molar-refractivity contribution in [2.75, 3.05) is 19.8 Å². The molecule has 484 valence electrons. The van der Waals surface area contributed by atoms with E-state index >= 15 is 0 Å². The second kappa shape index (κ2) is 70.9. The topological polar surface area (TPSA) is 99.1 Å². The maximum atomic E-state index is 12.0. The van der Waals surface area contributed by atoms with Crippen LogP contribution in [0.2, 0.25) is 0 Å². The summed E-state index contributed by atoms with van der Waals surface area (Å²) in [5.41, 5.74) is 0. The summed E-state index contributed by atoms with van der Waals surface area (Å²) in [6, 6.07) is 0. The minimum absolute atomic E-state index is 0.0269. The molecule has 7 nitrogen and oxygen atoms in total. The van der Waals surface area contributed by atoms with Crippen LogP contribution < -0.4 is 0 Å². The van der Waals surface area contributed by atoms with E-state index in [9.17, 15) is 19.5 Å². The molecule has 0 aliphatic carbocycles. The highest BCUT2D eigenvalue weighted by atomic mass is 16.6. The van der Waals surface area contributed by atoms with Crippen LogP contribution in [0.5, 0.6) is 0 Å². The molecule has 1 unspecified atom stereocenters. The summed E-state index contributed by atoms with van der Waals surface area (Å²) in [6.07, 6.45) is 74.3. The van der Waals surface area contributed by atoms with Crippen molar-refractivity contribution in [1.82, 2.24) is 0 Å².